The van der Waals surface area contributed by atoms with Gasteiger partial charge in [0.05, 0.1) is 23.4 Å². The molecule has 1 aliphatic carbocycles. The Bertz CT molecular complexity index is 1390. The molecule has 2 aromatic heterocycles. The van der Waals surface area contributed by atoms with Crippen LogP contribution in [0.1, 0.15) is 11.3 Å². The largest absolute Gasteiger partial charge is 0.392 e. The van der Waals surface area contributed by atoms with Gasteiger partial charge in [0, 0.05) is 35.6 Å². The predicted molar refractivity (Wildman–Crippen MR) is 107 cm³/mol. The third-order valence-electron chi connectivity index (χ3n) is 5.31. The molecule has 29 heavy (non-hydrogen) atoms. The second-order valence-corrected chi connectivity index (χ2v) is 7.15. The maximum Gasteiger partial charge on any atom is 0.282 e. The minimum atomic E-state index is -0.748. The van der Waals surface area contributed by atoms with Crippen molar-refractivity contribution in [1.29, 1.82) is 0 Å². The normalized spacial score (nSPS) is 15.6. The second-order valence-electron chi connectivity index (χ2n) is 7.15. The molecule has 7 heteroatoms. The molecule has 1 aliphatic rings. The van der Waals surface area contributed by atoms with Crippen molar-refractivity contribution in [3.05, 3.63) is 92.5 Å². The van der Waals surface area contributed by atoms with Gasteiger partial charge < -0.3 is 10.1 Å². The smallest absolute Gasteiger partial charge is 0.282 e. The number of fused-ring (bicyclic) bond motifs is 4. The van der Waals surface area contributed by atoms with Crippen molar-refractivity contribution in [2.45, 2.75) is 18.9 Å². The first-order valence-corrected chi connectivity index (χ1v) is 9.22. The van der Waals surface area contributed by atoms with Crippen molar-refractivity contribution in [3.63, 3.8) is 0 Å². The molecule has 0 spiro atoms. The molecule has 0 saturated carbocycles. The lowest BCUT2D eigenvalue weighted by Gasteiger charge is -2.15. The van der Waals surface area contributed by atoms with Crippen LogP contribution in [-0.2, 0) is 12.8 Å². The zero-order valence-corrected chi connectivity index (χ0v) is 15.2. The van der Waals surface area contributed by atoms with Gasteiger partial charge in [-0.3, -0.25) is 9.59 Å². The number of aliphatic hydroxyl groups excluding tert-OH is 1. The van der Waals surface area contributed by atoms with Gasteiger partial charge in [0.2, 0.25) is 5.56 Å². The van der Waals surface area contributed by atoms with Crippen LogP contribution in [0.3, 0.4) is 0 Å². The molecule has 2 heterocycles. The first-order chi connectivity index (χ1) is 14.0. The Morgan fingerprint density at radius 2 is 1.86 bits per heavy atom. The summed E-state index contributed by atoms with van der Waals surface area (Å²) in [5.74, 6) is -0.603. The Morgan fingerprint density at radius 1 is 1.03 bits per heavy atom. The maximum atomic E-state index is 14.3. The van der Waals surface area contributed by atoms with Crippen molar-refractivity contribution in [2.24, 2.45) is 0 Å². The number of halogens is 1. The molecule has 144 valence electrons. The molecule has 0 amide bonds. The molecule has 5 rings (SSSR count). The lowest BCUT2D eigenvalue weighted by Crippen LogP contribution is -2.24. The van der Waals surface area contributed by atoms with E-state index in [1.54, 1.807) is 24.3 Å². The van der Waals surface area contributed by atoms with Crippen LogP contribution in [0.5, 0.6) is 0 Å². The van der Waals surface area contributed by atoms with Crippen LogP contribution < -0.4 is 11.1 Å². The van der Waals surface area contributed by atoms with Gasteiger partial charge in [0.25, 0.3) is 5.56 Å². The molecule has 2 N–H and O–H groups in total. The van der Waals surface area contributed by atoms with Crippen molar-refractivity contribution in [1.82, 2.24) is 14.8 Å². The van der Waals surface area contributed by atoms with Gasteiger partial charge in [0.1, 0.15) is 5.82 Å². The minimum Gasteiger partial charge on any atom is -0.392 e. The fraction of sp³-hybridized carbons (Fsp3) is 0.136. The van der Waals surface area contributed by atoms with Gasteiger partial charge in [-0.25, -0.2) is 4.39 Å². The summed E-state index contributed by atoms with van der Waals surface area (Å²) in [6.07, 6.45) is 1.26. The molecule has 0 saturated heterocycles. The summed E-state index contributed by atoms with van der Waals surface area (Å²) in [5, 5.41) is 15.2. The van der Waals surface area contributed by atoms with Gasteiger partial charge in [-0.1, -0.05) is 24.3 Å². The van der Waals surface area contributed by atoms with Gasteiger partial charge in [0.15, 0.2) is 0 Å². The summed E-state index contributed by atoms with van der Waals surface area (Å²) in [6.45, 7) is 0. The highest BCUT2D eigenvalue weighted by molar-refractivity contribution is 5.82. The highest BCUT2D eigenvalue weighted by Gasteiger charge is 2.24. The van der Waals surface area contributed by atoms with E-state index in [1.165, 1.54) is 29.1 Å². The Hall–Kier alpha value is -3.58. The zero-order valence-electron chi connectivity index (χ0n) is 15.2. The first kappa shape index (κ1) is 17.5. The van der Waals surface area contributed by atoms with E-state index in [2.05, 4.69) is 10.1 Å². The van der Waals surface area contributed by atoms with E-state index in [9.17, 15) is 19.1 Å². The zero-order chi connectivity index (χ0) is 20.1. The molecule has 1 atom stereocenters. The summed E-state index contributed by atoms with van der Waals surface area (Å²) in [6, 6.07) is 12.9. The molecule has 0 fully saturated rings. The van der Waals surface area contributed by atoms with Gasteiger partial charge in [-0.05, 0) is 29.3 Å². The Morgan fingerprint density at radius 3 is 2.72 bits per heavy atom. The van der Waals surface area contributed by atoms with Crippen LogP contribution in [0.4, 0.5) is 4.39 Å². The summed E-state index contributed by atoms with van der Waals surface area (Å²) in [7, 11) is 0. The van der Waals surface area contributed by atoms with E-state index < -0.39 is 17.5 Å². The van der Waals surface area contributed by atoms with Crippen molar-refractivity contribution in [3.8, 4) is 16.8 Å². The number of aliphatic hydroxyl groups is 1. The summed E-state index contributed by atoms with van der Waals surface area (Å²) < 4.78 is 15.5. The lowest BCUT2D eigenvalue weighted by atomic mass is 9.97. The number of aromatic amines is 1. The average Bonchev–Trinajstić information content (AvgIpc) is 2.83. The van der Waals surface area contributed by atoms with Crippen molar-refractivity contribution < 1.29 is 9.50 Å². The van der Waals surface area contributed by atoms with E-state index in [1.807, 2.05) is 6.07 Å². The van der Waals surface area contributed by atoms with Crippen LogP contribution in [0, 0.1) is 5.82 Å². The average molecular weight is 389 g/mol. The lowest BCUT2D eigenvalue weighted by molar-refractivity contribution is 0.175. The third kappa shape index (κ3) is 2.78. The molecule has 2 aromatic carbocycles. The highest BCUT2D eigenvalue weighted by Crippen LogP contribution is 2.34. The topological polar surface area (TPSA) is 88.0 Å². The van der Waals surface area contributed by atoms with Gasteiger partial charge >= 0.3 is 0 Å². The number of nitrogens with one attached hydrogen (secondary N) is 1. The fourth-order valence-electron chi connectivity index (χ4n) is 4.04. The van der Waals surface area contributed by atoms with E-state index in [4.69, 9.17) is 0 Å². The van der Waals surface area contributed by atoms with E-state index in [0.29, 0.717) is 16.8 Å². The van der Waals surface area contributed by atoms with Crippen LogP contribution >= 0.6 is 0 Å². The van der Waals surface area contributed by atoms with E-state index in [-0.39, 0.29) is 23.8 Å². The van der Waals surface area contributed by atoms with Gasteiger partial charge in [-0.15, -0.1) is 0 Å². The number of benzene rings is 2. The highest BCUT2D eigenvalue weighted by atomic mass is 19.1. The minimum absolute atomic E-state index is 0.0287. The summed E-state index contributed by atoms with van der Waals surface area (Å²) >= 11 is 0. The second kappa shape index (κ2) is 6.49. The molecular weight excluding hydrogens is 373 g/mol. The standard InChI is InChI=1S/C22H16FN3O3/c23-17-5-1-3-12-11-24-26(22(29)21(12)17)19-6-2-4-14-15-7-8-20(28)25-18(15)10-13(27)9-16(14)19/h1-8,11,13,27H,9-10H2,(H,25,28). The van der Waals surface area contributed by atoms with Crippen LogP contribution in [0.15, 0.2) is 64.3 Å². The summed E-state index contributed by atoms with van der Waals surface area (Å²) in [4.78, 5) is 27.6. The van der Waals surface area contributed by atoms with E-state index in [0.717, 1.165) is 16.7 Å². The van der Waals surface area contributed by atoms with Crippen LogP contribution in [-0.4, -0.2) is 26.0 Å². The molecule has 0 bridgehead atoms. The van der Waals surface area contributed by atoms with Crippen molar-refractivity contribution >= 4 is 10.8 Å². The fourth-order valence-corrected chi connectivity index (χ4v) is 4.04. The molecule has 4 aromatic rings. The number of nitrogens with zero attached hydrogens (tertiary/aromatic N) is 2. The number of hydrogen-bond acceptors (Lipinski definition) is 4. The number of rotatable bonds is 1. The Kier molecular flexibility index (Phi) is 3.92. The number of pyridine rings is 1. The molecule has 0 aliphatic heterocycles. The predicted octanol–water partition coefficient (Wildman–Crippen LogP) is 2.34. The molecule has 1 unspecified atom stereocenters. The van der Waals surface area contributed by atoms with E-state index >= 15 is 0 Å². The van der Waals surface area contributed by atoms with Crippen LogP contribution in [0.25, 0.3) is 27.6 Å². The number of hydrogen-bond donors (Lipinski definition) is 2. The molecule has 6 nitrogen and oxygen atoms in total. The Balaban J connectivity index is 1.81. The first-order valence-electron chi connectivity index (χ1n) is 9.22. The maximum absolute atomic E-state index is 14.3. The third-order valence-corrected chi connectivity index (χ3v) is 5.31. The SMILES string of the molecule is O=c1ccc2c([nH]1)CC(O)Cc1c-2cccc1-n1ncc2cccc(F)c2c1=O. The number of aromatic nitrogens is 3. The Labute approximate surface area is 163 Å². The molecule has 0 radical (unpaired) electrons. The molecular formula is C22H16FN3O3. The van der Waals surface area contributed by atoms with Gasteiger partial charge in [-0.2, -0.15) is 9.78 Å². The monoisotopic (exact) mass is 389 g/mol. The number of H-pyrrole nitrogens is 1. The van der Waals surface area contributed by atoms with Crippen molar-refractivity contribution in [2.75, 3.05) is 0 Å². The quantitative estimate of drug-likeness (QED) is 0.523. The van der Waals surface area contributed by atoms with Crippen LogP contribution in [0.2, 0.25) is 0 Å². The summed E-state index contributed by atoms with van der Waals surface area (Å²) in [5.41, 5.74) is 2.64.